The van der Waals surface area contributed by atoms with Crippen LogP contribution in [0.5, 0.6) is 0 Å². The van der Waals surface area contributed by atoms with Gasteiger partial charge in [-0.25, -0.2) is 0 Å². The summed E-state index contributed by atoms with van der Waals surface area (Å²) in [6, 6.07) is 0.492. The number of nitrogens with one attached hydrogen (secondary N) is 2. The largest absolute Gasteiger partial charge is 0.380 e. The number of rotatable bonds is 7. The van der Waals surface area contributed by atoms with Crippen LogP contribution in [-0.2, 0) is 9.53 Å². The van der Waals surface area contributed by atoms with Crippen LogP contribution in [0.1, 0.15) is 32.6 Å². The highest BCUT2D eigenvalue weighted by molar-refractivity contribution is 5.76. The van der Waals surface area contributed by atoms with E-state index in [9.17, 15) is 4.79 Å². The normalized spacial score (nSPS) is 22.6. The second-order valence-corrected chi connectivity index (χ2v) is 5.43. The fourth-order valence-corrected chi connectivity index (χ4v) is 1.84. The van der Waals surface area contributed by atoms with Gasteiger partial charge >= 0.3 is 0 Å². The van der Waals surface area contributed by atoms with Crippen LogP contribution in [0.4, 0.5) is 0 Å². The Morgan fingerprint density at radius 2 is 2.19 bits per heavy atom. The minimum absolute atomic E-state index is 0.211. The standard InChI is InChI=1S/C12H22N2O2/c1-12(8-16-9-12)7-13-6-2-3-11(15)14-10-4-5-10/h10,13H,2-9H2,1H3,(H,14,15). The summed E-state index contributed by atoms with van der Waals surface area (Å²) in [4.78, 5) is 11.4. The summed E-state index contributed by atoms with van der Waals surface area (Å²) in [5.74, 6) is 0.211. The van der Waals surface area contributed by atoms with Gasteiger partial charge in [0.15, 0.2) is 0 Å². The van der Waals surface area contributed by atoms with Crippen LogP contribution in [0.2, 0.25) is 0 Å². The molecule has 4 heteroatoms. The molecule has 0 unspecified atom stereocenters. The van der Waals surface area contributed by atoms with Gasteiger partial charge in [0.1, 0.15) is 0 Å². The van der Waals surface area contributed by atoms with E-state index in [1.54, 1.807) is 0 Å². The molecule has 0 spiro atoms. The van der Waals surface area contributed by atoms with Crippen LogP contribution in [0.3, 0.4) is 0 Å². The fourth-order valence-electron chi connectivity index (χ4n) is 1.84. The highest BCUT2D eigenvalue weighted by atomic mass is 16.5. The Bertz CT molecular complexity index is 247. The molecular formula is C12H22N2O2. The molecular weight excluding hydrogens is 204 g/mol. The molecule has 0 atom stereocenters. The number of carbonyl (C=O) groups is 1. The molecule has 16 heavy (non-hydrogen) atoms. The predicted molar refractivity (Wildman–Crippen MR) is 62.2 cm³/mol. The van der Waals surface area contributed by atoms with Crippen molar-refractivity contribution in [1.82, 2.24) is 10.6 Å². The van der Waals surface area contributed by atoms with E-state index < -0.39 is 0 Å². The van der Waals surface area contributed by atoms with Crippen LogP contribution >= 0.6 is 0 Å². The zero-order valence-electron chi connectivity index (χ0n) is 10.1. The van der Waals surface area contributed by atoms with E-state index in [4.69, 9.17) is 4.74 Å². The highest BCUT2D eigenvalue weighted by Gasteiger charge is 2.32. The monoisotopic (exact) mass is 226 g/mol. The Balaban J connectivity index is 1.43. The molecule has 1 aliphatic heterocycles. The van der Waals surface area contributed by atoms with Gasteiger partial charge in [-0.3, -0.25) is 4.79 Å². The maximum atomic E-state index is 11.4. The van der Waals surface area contributed by atoms with Gasteiger partial charge in [-0.1, -0.05) is 6.92 Å². The van der Waals surface area contributed by atoms with E-state index in [1.807, 2.05) is 0 Å². The molecule has 1 heterocycles. The van der Waals surface area contributed by atoms with Gasteiger partial charge in [-0.2, -0.15) is 0 Å². The summed E-state index contributed by atoms with van der Waals surface area (Å²) in [6.45, 7) is 5.87. The molecule has 2 fully saturated rings. The maximum absolute atomic E-state index is 11.4. The van der Waals surface area contributed by atoms with Crippen LogP contribution < -0.4 is 10.6 Å². The lowest BCUT2D eigenvalue weighted by atomic mass is 9.89. The molecule has 0 radical (unpaired) electrons. The molecule has 2 rings (SSSR count). The van der Waals surface area contributed by atoms with E-state index in [1.165, 1.54) is 12.8 Å². The molecule has 0 aromatic carbocycles. The first kappa shape index (κ1) is 11.9. The summed E-state index contributed by atoms with van der Waals surface area (Å²) < 4.78 is 5.18. The number of hydrogen-bond acceptors (Lipinski definition) is 3. The lowest BCUT2D eigenvalue weighted by molar-refractivity contribution is -0.121. The second kappa shape index (κ2) is 5.15. The first-order valence-electron chi connectivity index (χ1n) is 6.26. The van der Waals surface area contributed by atoms with Crippen molar-refractivity contribution in [3.63, 3.8) is 0 Å². The Morgan fingerprint density at radius 3 is 2.75 bits per heavy atom. The van der Waals surface area contributed by atoms with Crippen LogP contribution in [0.25, 0.3) is 0 Å². The number of carbonyl (C=O) groups excluding carboxylic acids is 1. The SMILES string of the molecule is CC1(CNCCCC(=O)NC2CC2)COC1. The zero-order valence-corrected chi connectivity index (χ0v) is 10.1. The molecule has 1 saturated carbocycles. The topological polar surface area (TPSA) is 50.4 Å². The van der Waals surface area contributed by atoms with Gasteiger partial charge in [0.25, 0.3) is 0 Å². The van der Waals surface area contributed by atoms with Gasteiger partial charge in [0.2, 0.25) is 5.91 Å². The molecule has 2 aliphatic rings. The molecule has 0 aromatic rings. The molecule has 1 saturated heterocycles. The van der Waals surface area contributed by atoms with Crippen molar-refractivity contribution < 1.29 is 9.53 Å². The Kier molecular flexibility index (Phi) is 3.82. The van der Waals surface area contributed by atoms with Crippen molar-refractivity contribution >= 4 is 5.91 Å². The van der Waals surface area contributed by atoms with Crippen molar-refractivity contribution in [3.8, 4) is 0 Å². The first-order valence-corrected chi connectivity index (χ1v) is 6.26. The third-order valence-electron chi connectivity index (χ3n) is 3.15. The third kappa shape index (κ3) is 3.76. The summed E-state index contributed by atoms with van der Waals surface area (Å²) in [5.41, 5.74) is 0.330. The zero-order chi connectivity index (χ0) is 11.4. The minimum atomic E-state index is 0.211. The van der Waals surface area contributed by atoms with Crippen molar-refractivity contribution in [2.24, 2.45) is 5.41 Å². The van der Waals surface area contributed by atoms with E-state index in [0.29, 0.717) is 17.9 Å². The Labute approximate surface area is 97.1 Å². The minimum Gasteiger partial charge on any atom is -0.380 e. The average Bonchev–Trinajstić information content (AvgIpc) is 2.98. The highest BCUT2D eigenvalue weighted by Crippen LogP contribution is 2.24. The van der Waals surface area contributed by atoms with E-state index in [2.05, 4.69) is 17.6 Å². The van der Waals surface area contributed by atoms with Gasteiger partial charge in [0.05, 0.1) is 13.2 Å². The van der Waals surface area contributed by atoms with Crippen molar-refractivity contribution in [2.75, 3.05) is 26.3 Å². The molecule has 2 N–H and O–H groups in total. The molecule has 0 bridgehead atoms. The van der Waals surface area contributed by atoms with Gasteiger partial charge in [-0.15, -0.1) is 0 Å². The van der Waals surface area contributed by atoms with E-state index >= 15 is 0 Å². The number of amides is 1. The van der Waals surface area contributed by atoms with Gasteiger partial charge in [0, 0.05) is 24.4 Å². The quantitative estimate of drug-likeness (QED) is 0.627. The summed E-state index contributed by atoms with van der Waals surface area (Å²) >= 11 is 0. The fraction of sp³-hybridized carbons (Fsp3) is 0.917. The molecule has 1 aliphatic carbocycles. The lowest BCUT2D eigenvalue weighted by Crippen LogP contribution is -2.47. The molecule has 4 nitrogen and oxygen atoms in total. The summed E-state index contributed by atoms with van der Waals surface area (Å²) in [5, 5.41) is 6.39. The number of hydrogen-bond donors (Lipinski definition) is 2. The summed E-state index contributed by atoms with van der Waals surface area (Å²) in [6.07, 6.45) is 3.91. The van der Waals surface area contributed by atoms with Crippen LogP contribution in [0.15, 0.2) is 0 Å². The Hall–Kier alpha value is -0.610. The Morgan fingerprint density at radius 1 is 1.44 bits per heavy atom. The predicted octanol–water partition coefficient (Wildman–Crippen LogP) is 0.671. The second-order valence-electron chi connectivity index (χ2n) is 5.43. The smallest absolute Gasteiger partial charge is 0.220 e. The van der Waals surface area contributed by atoms with E-state index in [-0.39, 0.29) is 5.91 Å². The molecule has 1 amide bonds. The van der Waals surface area contributed by atoms with Gasteiger partial charge < -0.3 is 15.4 Å². The molecule has 0 aromatic heterocycles. The average molecular weight is 226 g/mol. The van der Waals surface area contributed by atoms with Gasteiger partial charge in [-0.05, 0) is 25.8 Å². The first-order chi connectivity index (χ1) is 7.68. The van der Waals surface area contributed by atoms with Crippen molar-refractivity contribution in [3.05, 3.63) is 0 Å². The summed E-state index contributed by atoms with van der Waals surface area (Å²) in [7, 11) is 0. The van der Waals surface area contributed by atoms with Crippen molar-refractivity contribution in [2.45, 2.75) is 38.6 Å². The van der Waals surface area contributed by atoms with E-state index in [0.717, 1.165) is 32.7 Å². The van der Waals surface area contributed by atoms with Crippen molar-refractivity contribution in [1.29, 1.82) is 0 Å². The molecule has 92 valence electrons. The number of ether oxygens (including phenoxy) is 1. The van der Waals surface area contributed by atoms with Crippen LogP contribution in [0, 0.1) is 5.41 Å². The third-order valence-corrected chi connectivity index (χ3v) is 3.15. The maximum Gasteiger partial charge on any atom is 0.220 e. The lowest BCUT2D eigenvalue weighted by Gasteiger charge is -2.38. The van der Waals surface area contributed by atoms with Crippen LogP contribution in [-0.4, -0.2) is 38.3 Å².